The van der Waals surface area contributed by atoms with Crippen molar-refractivity contribution < 1.29 is 9.53 Å². The van der Waals surface area contributed by atoms with E-state index in [4.69, 9.17) is 4.74 Å². The molecule has 0 N–H and O–H groups in total. The molecule has 1 aromatic heterocycles. The second-order valence-electron chi connectivity index (χ2n) is 4.96. The lowest BCUT2D eigenvalue weighted by molar-refractivity contribution is -0.148. The zero-order chi connectivity index (χ0) is 13.8. The third-order valence-electron chi connectivity index (χ3n) is 3.39. The van der Waals surface area contributed by atoms with Gasteiger partial charge in [0.25, 0.3) is 0 Å². The smallest absolute Gasteiger partial charge is 0.310 e. The molecule has 1 aliphatic rings. The summed E-state index contributed by atoms with van der Waals surface area (Å²) in [6.07, 6.45) is 3.65. The molecule has 0 amide bonds. The maximum atomic E-state index is 11.8. The van der Waals surface area contributed by atoms with Gasteiger partial charge in [0.1, 0.15) is 5.82 Å². The Bertz CT molecular complexity index is 462. The largest absolute Gasteiger partial charge is 0.466 e. The van der Waals surface area contributed by atoms with Gasteiger partial charge in [0, 0.05) is 19.3 Å². The molecule has 5 heteroatoms. The van der Waals surface area contributed by atoms with E-state index < -0.39 is 0 Å². The third-order valence-corrected chi connectivity index (χ3v) is 3.39. The van der Waals surface area contributed by atoms with Gasteiger partial charge in [0.05, 0.1) is 23.9 Å². The van der Waals surface area contributed by atoms with Crippen LogP contribution in [0.3, 0.4) is 0 Å². The number of aromatic nitrogens is 2. The van der Waals surface area contributed by atoms with E-state index in [9.17, 15) is 4.79 Å². The average Bonchev–Trinajstić information content (AvgIpc) is 2.42. The maximum Gasteiger partial charge on any atom is 0.310 e. The Morgan fingerprint density at radius 1 is 1.53 bits per heavy atom. The predicted octanol–water partition coefficient (Wildman–Crippen LogP) is 1.87. The minimum Gasteiger partial charge on any atom is -0.466 e. The van der Waals surface area contributed by atoms with Crippen LogP contribution in [0.5, 0.6) is 0 Å². The molecular weight excluding hydrogens is 242 g/mol. The van der Waals surface area contributed by atoms with Crippen LogP contribution in [0.15, 0.2) is 6.20 Å². The van der Waals surface area contributed by atoms with Crippen molar-refractivity contribution in [1.82, 2.24) is 9.97 Å². The second-order valence-corrected chi connectivity index (χ2v) is 4.96. The van der Waals surface area contributed by atoms with Gasteiger partial charge >= 0.3 is 5.97 Å². The molecule has 1 aliphatic heterocycles. The van der Waals surface area contributed by atoms with Gasteiger partial charge in [-0.25, -0.2) is 4.98 Å². The number of carbonyl (C=O) groups excluding carboxylic acids is 1. The molecule has 0 aromatic carbocycles. The average molecular weight is 263 g/mol. The number of rotatable bonds is 3. The molecule has 5 nitrogen and oxygen atoms in total. The number of ether oxygens (including phenoxy) is 1. The number of piperidine rings is 1. The number of anilines is 1. The zero-order valence-corrected chi connectivity index (χ0v) is 11.8. The molecule has 0 radical (unpaired) electrons. The fourth-order valence-electron chi connectivity index (χ4n) is 2.45. The van der Waals surface area contributed by atoms with E-state index in [2.05, 4.69) is 14.9 Å². The van der Waals surface area contributed by atoms with E-state index in [0.29, 0.717) is 13.2 Å². The van der Waals surface area contributed by atoms with Gasteiger partial charge in [-0.05, 0) is 33.6 Å². The van der Waals surface area contributed by atoms with Crippen molar-refractivity contribution >= 4 is 11.8 Å². The first-order valence-electron chi connectivity index (χ1n) is 6.83. The summed E-state index contributed by atoms with van der Waals surface area (Å²) in [7, 11) is 0. The Kier molecular flexibility index (Phi) is 4.35. The van der Waals surface area contributed by atoms with Gasteiger partial charge in [-0.3, -0.25) is 9.78 Å². The van der Waals surface area contributed by atoms with Gasteiger partial charge < -0.3 is 9.64 Å². The Labute approximate surface area is 114 Å². The van der Waals surface area contributed by atoms with Crippen molar-refractivity contribution in [3.05, 3.63) is 17.6 Å². The highest BCUT2D eigenvalue weighted by molar-refractivity contribution is 5.73. The number of carbonyl (C=O) groups is 1. The lowest BCUT2D eigenvalue weighted by atomic mass is 9.98. The van der Waals surface area contributed by atoms with Gasteiger partial charge in [0.15, 0.2) is 0 Å². The Morgan fingerprint density at radius 3 is 3.05 bits per heavy atom. The van der Waals surface area contributed by atoms with Crippen molar-refractivity contribution in [3.63, 3.8) is 0 Å². The monoisotopic (exact) mass is 263 g/mol. The minimum atomic E-state index is -0.0922. The van der Waals surface area contributed by atoms with Gasteiger partial charge in [-0.1, -0.05) is 0 Å². The van der Waals surface area contributed by atoms with Crippen LogP contribution in [-0.2, 0) is 9.53 Å². The number of esters is 1. The second kappa shape index (κ2) is 5.99. The fraction of sp³-hybridized carbons (Fsp3) is 0.643. The van der Waals surface area contributed by atoms with Crippen molar-refractivity contribution in [3.8, 4) is 0 Å². The summed E-state index contributed by atoms with van der Waals surface area (Å²) in [6, 6.07) is 0. The van der Waals surface area contributed by atoms with Crippen molar-refractivity contribution in [2.75, 3.05) is 24.6 Å². The van der Waals surface area contributed by atoms with Gasteiger partial charge in [-0.2, -0.15) is 0 Å². The lowest BCUT2D eigenvalue weighted by Gasteiger charge is -2.33. The standard InChI is InChI=1S/C14H21N3O2/c1-4-19-14(18)12-6-5-7-17(9-12)13-11(3)15-8-10(2)16-13/h8,12H,4-7,9H2,1-3H3/t12-/m0/s1. The van der Waals surface area contributed by atoms with E-state index in [0.717, 1.165) is 36.6 Å². The van der Waals surface area contributed by atoms with Crippen LogP contribution in [0.4, 0.5) is 5.82 Å². The molecule has 19 heavy (non-hydrogen) atoms. The normalized spacial score (nSPS) is 19.3. The van der Waals surface area contributed by atoms with E-state index >= 15 is 0 Å². The Hall–Kier alpha value is -1.65. The minimum absolute atomic E-state index is 0.0459. The van der Waals surface area contributed by atoms with Gasteiger partial charge in [-0.15, -0.1) is 0 Å². The van der Waals surface area contributed by atoms with Crippen LogP contribution in [0, 0.1) is 19.8 Å². The van der Waals surface area contributed by atoms with Crippen LogP contribution < -0.4 is 4.90 Å². The SMILES string of the molecule is CCOC(=O)[C@H]1CCCN(c2nc(C)cnc2C)C1. The molecule has 0 bridgehead atoms. The first kappa shape index (κ1) is 13.8. The van der Waals surface area contributed by atoms with Crippen molar-refractivity contribution in [2.24, 2.45) is 5.92 Å². The number of hydrogen-bond donors (Lipinski definition) is 0. The third kappa shape index (κ3) is 3.22. The fourth-order valence-corrected chi connectivity index (χ4v) is 2.45. The first-order valence-corrected chi connectivity index (χ1v) is 6.83. The molecule has 0 unspecified atom stereocenters. The molecule has 0 spiro atoms. The number of aryl methyl sites for hydroxylation is 2. The van der Waals surface area contributed by atoms with E-state index in [1.807, 2.05) is 20.8 Å². The highest BCUT2D eigenvalue weighted by atomic mass is 16.5. The molecule has 1 fully saturated rings. The highest BCUT2D eigenvalue weighted by Crippen LogP contribution is 2.24. The quantitative estimate of drug-likeness (QED) is 0.779. The number of hydrogen-bond acceptors (Lipinski definition) is 5. The summed E-state index contributed by atoms with van der Waals surface area (Å²) < 4.78 is 5.12. The summed E-state index contributed by atoms with van der Waals surface area (Å²) in [5.74, 6) is 0.759. The van der Waals surface area contributed by atoms with Crippen LogP contribution in [-0.4, -0.2) is 35.6 Å². The molecule has 1 aromatic rings. The molecule has 1 atom stereocenters. The van der Waals surface area contributed by atoms with E-state index in [1.165, 1.54) is 0 Å². The molecule has 0 saturated carbocycles. The Morgan fingerprint density at radius 2 is 2.32 bits per heavy atom. The van der Waals surface area contributed by atoms with Crippen LogP contribution >= 0.6 is 0 Å². The van der Waals surface area contributed by atoms with Crippen molar-refractivity contribution in [1.29, 1.82) is 0 Å². The summed E-state index contributed by atoms with van der Waals surface area (Å²) in [5, 5.41) is 0. The predicted molar refractivity (Wildman–Crippen MR) is 73.1 cm³/mol. The summed E-state index contributed by atoms with van der Waals surface area (Å²) in [6.45, 7) is 7.78. The highest BCUT2D eigenvalue weighted by Gasteiger charge is 2.28. The zero-order valence-electron chi connectivity index (χ0n) is 11.8. The first-order chi connectivity index (χ1) is 9.11. The molecule has 1 saturated heterocycles. The topological polar surface area (TPSA) is 55.3 Å². The van der Waals surface area contributed by atoms with Crippen molar-refractivity contribution in [2.45, 2.75) is 33.6 Å². The van der Waals surface area contributed by atoms with Gasteiger partial charge in [0.2, 0.25) is 0 Å². The molecular formula is C14H21N3O2. The summed E-state index contributed by atoms with van der Waals surface area (Å²) in [5.41, 5.74) is 1.81. The molecule has 2 rings (SSSR count). The number of nitrogens with zero attached hydrogens (tertiary/aromatic N) is 3. The summed E-state index contributed by atoms with van der Waals surface area (Å²) >= 11 is 0. The molecule has 2 heterocycles. The molecule has 104 valence electrons. The molecule has 0 aliphatic carbocycles. The Balaban J connectivity index is 2.12. The van der Waals surface area contributed by atoms with E-state index in [1.54, 1.807) is 6.20 Å². The lowest BCUT2D eigenvalue weighted by Crippen LogP contribution is -2.40. The van der Waals surface area contributed by atoms with Crippen LogP contribution in [0.1, 0.15) is 31.2 Å². The van der Waals surface area contributed by atoms with Crippen LogP contribution in [0.25, 0.3) is 0 Å². The summed E-state index contributed by atoms with van der Waals surface area (Å²) in [4.78, 5) is 22.9. The van der Waals surface area contributed by atoms with Crippen LogP contribution in [0.2, 0.25) is 0 Å². The van der Waals surface area contributed by atoms with E-state index in [-0.39, 0.29) is 11.9 Å². The maximum absolute atomic E-state index is 11.8.